The van der Waals surface area contributed by atoms with Crippen LogP contribution in [0.5, 0.6) is 5.75 Å². The number of nitrogens with one attached hydrogen (secondary N) is 1. The van der Waals surface area contributed by atoms with Gasteiger partial charge < -0.3 is 4.74 Å². The number of benzene rings is 3. The highest BCUT2D eigenvalue weighted by Gasteiger charge is 2.08. The fourth-order valence-corrected chi connectivity index (χ4v) is 2.67. The number of carbonyl (C=O) groups excluding carboxylic acids is 1. The summed E-state index contributed by atoms with van der Waals surface area (Å²) in [6.45, 7) is 4.68. The van der Waals surface area contributed by atoms with Gasteiger partial charge in [-0.25, -0.2) is 5.43 Å². The van der Waals surface area contributed by atoms with Crippen molar-refractivity contribution in [3.63, 3.8) is 0 Å². The van der Waals surface area contributed by atoms with Gasteiger partial charge in [-0.15, -0.1) is 0 Å². The third kappa shape index (κ3) is 4.09. The van der Waals surface area contributed by atoms with Crippen LogP contribution in [0, 0.1) is 6.92 Å². The molecule has 0 radical (unpaired) electrons. The van der Waals surface area contributed by atoms with Gasteiger partial charge in [0, 0.05) is 11.1 Å². The lowest BCUT2D eigenvalue weighted by molar-refractivity contribution is 0.0955. The van der Waals surface area contributed by atoms with Gasteiger partial charge in [0.2, 0.25) is 0 Å². The van der Waals surface area contributed by atoms with Crippen LogP contribution >= 0.6 is 0 Å². The second kappa shape index (κ2) is 8.30. The van der Waals surface area contributed by atoms with E-state index in [-0.39, 0.29) is 5.91 Å². The lowest BCUT2D eigenvalue weighted by Gasteiger charge is -2.11. The van der Waals surface area contributed by atoms with Crippen LogP contribution in [0.1, 0.15) is 34.8 Å². The minimum absolute atomic E-state index is 0.238. The molecule has 0 aliphatic carbocycles. The first kappa shape index (κ1) is 17.7. The van der Waals surface area contributed by atoms with Crippen LogP contribution in [0.25, 0.3) is 10.8 Å². The average molecular weight is 346 g/mol. The molecule has 0 spiro atoms. The first-order valence-corrected chi connectivity index (χ1v) is 8.73. The molecule has 0 fully saturated rings. The Labute approximate surface area is 153 Å². The largest absolute Gasteiger partial charge is 0.493 e. The Kier molecular flexibility index (Phi) is 5.64. The Morgan fingerprint density at radius 1 is 1.08 bits per heavy atom. The Bertz CT molecular complexity index is 931. The summed E-state index contributed by atoms with van der Waals surface area (Å²) in [6.07, 6.45) is 2.58. The minimum atomic E-state index is -0.238. The van der Waals surface area contributed by atoms with Crippen LogP contribution in [-0.2, 0) is 0 Å². The van der Waals surface area contributed by atoms with Gasteiger partial charge in [-0.2, -0.15) is 5.10 Å². The molecule has 3 rings (SSSR count). The summed E-state index contributed by atoms with van der Waals surface area (Å²) >= 11 is 0. The van der Waals surface area contributed by atoms with E-state index in [1.165, 1.54) is 0 Å². The van der Waals surface area contributed by atoms with Crippen LogP contribution < -0.4 is 10.2 Å². The molecule has 1 N–H and O–H groups in total. The van der Waals surface area contributed by atoms with Gasteiger partial charge in [0.05, 0.1) is 12.8 Å². The number of hydrogen-bond acceptors (Lipinski definition) is 3. The summed E-state index contributed by atoms with van der Waals surface area (Å²) in [4.78, 5) is 12.2. The Balaban J connectivity index is 1.85. The van der Waals surface area contributed by atoms with Gasteiger partial charge in [0.25, 0.3) is 5.91 Å². The van der Waals surface area contributed by atoms with Gasteiger partial charge in [0.15, 0.2) is 0 Å². The number of fused-ring (bicyclic) bond motifs is 1. The molecule has 0 bridgehead atoms. The van der Waals surface area contributed by atoms with Crippen molar-refractivity contribution in [2.24, 2.45) is 5.10 Å². The standard InChI is InChI=1S/C22H22N2O2/c1-3-14-26-21-13-12-17-6-4-5-7-19(17)20(21)15-23-24-22(25)18-10-8-16(2)9-11-18/h4-13,15H,3,14H2,1-2H3,(H,24,25)/b23-15+. The lowest BCUT2D eigenvalue weighted by atomic mass is 10.0. The molecule has 0 atom stereocenters. The third-order valence-electron chi connectivity index (χ3n) is 4.07. The summed E-state index contributed by atoms with van der Waals surface area (Å²) in [5.74, 6) is 0.524. The number of ether oxygens (including phenoxy) is 1. The smallest absolute Gasteiger partial charge is 0.271 e. The van der Waals surface area contributed by atoms with Crippen molar-refractivity contribution in [3.05, 3.63) is 77.4 Å². The van der Waals surface area contributed by atoms with Crippen molar-refractivity contribution in [3.8, 4) is 5.75 Å². The second-order valence-corrected chi connectivity index (χ2v) is 6.11. The zero-order valence-corrected chi connectivity index (χ0v) is 15.0. The van der Waals surface area contributed by atoms with Gasteiger partial charge in [-0.1, -0.05) is 55.0 Å². The summed E-state index contributed by atoms with van der Waals surface area (Å²) in [6, 6.07) is 19.4. The second-order valence-electron chi connectivity index (χ2n) is 6.11. The highest BCUT2D eigenvalue weighted by Crippen LogP contribution is 2.26. The van der Waals surface area contributed by atoms with Crippen molar-refractivity contribution < 1.29 is 9.53 Å². The summed E-state index contributed by atoms with van der Waals surface area (Å²) in [5, 5.41) is 6.29. The van der Waals surface area contributed by atoms with Crippen molar-refractivity contribution in [2.75, 3.05) is 6.61 Å². The molecular weight excluding hydrogens is 324 g/mol. The number of nitrogens with zero attached hydrogens (tertiary/aromatic N) is 1. The van der Waals surface area contributed by atoms with Crippen molar-refractivity contribution in [1.29, 1.82) is 0 Å². The van der Waals surface area contributed by atoms with Crippen molar-refractivity contribution in [2.45, 2.75) is 20.3 Å². The van der Waals surface area contributed by atoms with Crippen molar-refractivity contribution >= 4 is 22.9 Å². The molecular formula is C22H22N2O2. The van der Waals surface area contributed by atoms with Gasteiger partial charge >= 0.3 is 0 Å². The molecule has 132 valence electrons. The summed E-state index contributed by atoms with van der Waals surface area (Å²) in [5.41, 5.74) is 5.14. The summed E-state index contributed by atoms with van der Waals surface area (Å²) in [7, 11) is 0. The number of hydrazone groups is 1. The maximum absolute atomic E-state index is 12.2. The zero-order valence-electron chi connectivity index (χ0n) is 15.0. The quantitative estimate of drug-likeness (QED) is 0.519. The molecule has 1 amide bonds. The number of hydrogen-bond donors (Lipinski definition) is 1. The minimum Gasteiger partial charge on any atom is -0.493 e. The topological polar surface area (TPSA) is 50.7 Å². The zero-order chi connectivity index (χ0) is 18.4. The Morgan fingerprint density at radius 2 is 1.85 bits per heavy atom. The van der Waals surface area contributed by atoms with E-state index in [9.17, 15) is 4.79 Å². The predicted molar refractivity (Wildman–Crippen MR) is 106 cm³/mol. The first-order valence-electron chi connectivity index (χ1n) is 8.73. The maximum Gasteiger partial charge on any atom is 0.271 e. The maximum atomic E-state index is 12.2. The van der Waals surface area contributed by atoms with E-state index in [1.54, 1.807) is 18.3 Å². The predicted octanol–water partition coefficient (Wildman–Crippen LogP) is 4.70. The molecule has 0 saturated carbocycles. The Hall–Kier alpha value is -3.14. The third-order valence-corrected chi connectivity index (χ3v) is 4.07. The van der Waals surface area contributed by atoms with Gasteiger partial charge in [-0.05, 0) is 42.3 Å². The molecule has 0 unspecified atom stereocenters. The molecule has 3 aromatic rings. The summed E-state index contributed by atoms with van der Waals surface area (Å²) < 4.78 is 5.85. The van der Waals surface area contributed by atoms with Gasteiger partial charge in [0.1, 0.15) is 5.75 Å². The van der Waals surface area contributed by atoms with E-state index in [4.69, 9.17) is 4.74 Å². The molecule has 3 aromatic carbocycles. The number of aryl methyl sites for hydroxylation is 1. The fourth-order valence-electron chi connectivity index (χ4n) is 2.67. The molecule has 4 heteroatoms. The SMILES string of the molecule is CCCOc1ccc2ccccc2c1/C=N/NC(=O)c1ccc(C)cc1. The van der Waals surface area contributed by atoms with E-state index in [0.717, 1.165) is 34.1 Å². The van der Waals surface area contributed by atoms with Crippen LogP contribution in [0.4, 0.5) is 0 Å². The van der Waals surface area contributed by atoms with Crippen LogP contribution in [-0.4, -0.2) is 18.7 Å². The van der Waals surface area contributed by atoms with Crippen LogP contribution in [0.15, 0.2) is 65.8 Å². The molecule has 0 aliphatic heterocycles. The molecule has 0 aromatic heterocycles. The van der Waals surface area contributed by atoms with E-state index in [2.05, 4.69) is 17.5 Å². The number of carbonyl (C=O) groups is 1. The molecule has 0 aliphatic rings. The molecule has 4 nitrogen and oxygen atoms in total. The van der Waals surface area contributed by atoms with E-state index >= 15 is 0 Å². The van der Waals surface area contributed by atoms with E-state index < -0.39 is 0 Å². The molecule has 0 heterocycles. The molecule has 26 heavy (non-hydrogen) atoms. The van der Waals surface area contributed by atoms with Gasteiger partial charge in [-0.3, -0.25) is 4.79 Å². The lowest BCUT2D eigenvalue weighted by Crippen LogP contribution is -2.17. The number of rotatable bonds is 6. The Morgan fingerprint density at radius 3 is 2.62 bits per heavy atom. The highest BCUT2D eigenvalue weighted by atomic mass is 16.5. The normalized spacial score (nSPS) is 11.0. The van der Waals surface area contributed by atoms with E-state index in [1.807, 2.05) is 55.5 Å². The highest BCUT2D eigenvalue weighted by molar-refractivity contribution is 6.03. The monoisotopic (exact) mass is 346 g/mol. The van der Waals surface area contributed by atoms with Crippen LogP contribution in [0.3, 0.4) is 0 Å². The molecule has 0 saturated heterocycles. The first-order chi connectivity index (χ1) is 12.7. The van der Waals surface area contributed by atoms with Crippen LogP contribution in [0.2, 0.25) is 0 Å². The fraction of sp³-hybridized carbons (Fsp3) is 0.182. The average Bonchev–Trinajstić information content (AvgIpc) is 2.67. The number of amides is 1. The van der Waals surface area contributed by atoms with Crippen molar-refractivity contribution in [1.82, 2.24) is 5.43 Å². The van der Waals surface area contributed by atoms with E-state index in [0.29, 0.717) is 12.2 Å².